The number of ketones is 1. The van der Waals surface area contributed by atoms with E-state index in [1.807, 2.05) is 6.07 Å². The standard InChI is InChI=1S/C26H20BrNO5/c1-3-14-32-18-11-8-16(9-12-18)26(30)28-23-19-6-4-5-7-21(19)33-25(23)24(29)17-10-13-22(31-2)20(27)15-17/h3-13,15H,1,14H2,2H3,(H,28,30). The largest absolute Gasteiger partial charge is 0.496 e. The third-order valence-electron chi connectivity index (χ3n) is 4.94. The van der Waals surface area contributed by atoms with E-state index in [4.69, 9.17) is 13.9 Å². The van der Waals surface area contributed by atoms with Gasteiger partial charge in [0, 0.05) is 16.5 Å². The van der Waals surface area contributed by atoms with Gasteiger partial charge in [0.15, 0.2) is 5.76 Å². The van der Waals surface area contributed by atoms with Gasteiger partial charge >= 0.3 is 0 Å². The Balaban J connectivity index is 1.68. The zero-order valence-corrected chi connectivity index (χ0v) is 19.3. The van der Waals surface area contributed by atoms with Crippen LogP contribution in [0.3, 0.4) is 0 Å². The van der Waals surface area contributed by atoms with Crippen LogP contribution in [0.15, 0.2) is 88.3 Å². The van der Waals surface area contributed by atoms with Gasteiger partial charge in [-0.25, -0.2) is 0 Å². The number of amides is 1. The number of methoxy groups -OCH3 is 1. The molecule has 0 atom stereocenters. The molecule has 0 bridgehead atoms. The number of ether oxygens (including phenoxy) is 2. The molecule has 1 heterocycles. The molecule has 0 aliphatic carbocycles. The minimum atomic E-state index is -0.373. The van der Waals surface area contributed by atoms with Gasteiger partial charge in [0.25, 0.3) is 5.91 Å². The highest BCUT2D eigenvalue weighted by Gasteiger charge is 2.24. The Morgan fingerprint density at radius 1 is 1.06 bits per heavy atom. The summed E-state index contributed by atoms with van der Waals surface area (Å²) in [6.45, 7) is 3.99. The van der Waals surface area contributed by atoms with Crippen LogP contribution in [-0.4, -0.2) is 25.4 Å². The van der Waals surface area contributed by atoms with Gasteiger partial charge < -0.3 is 19.2 Å². The molecule has 0 fully saturated rings. The van der Waals surface area contributed by atoms with Gasteiger partial charge in [0.1, 0.15) is 23.7 Å². The van der Waals surface area contributed by atoms with E-state index in [-0.39, 0.29) is 17.5 Å². The maximum atomic E-state index is 13.3. The third kappa shape index (κ3) is 4.68. The maximum Gasteiger partial charge on any atom is 0.255 e. The van der Waals surface area contributed by atoms with Crippen molar-refractivity contribution in [3.8, 4) is 11.5 Å². The molecule has 1 amide bonds. The van der Waals surface area contributed by atoms with Crippen molar-refractivity contribution in [2.75, 3.05) is 19.0 Å². The molecule has 1 N–H and O–H groups in total. The molecule has 6 nitrogen and oxygen atoms in total. The van der Waals surface area contributed by atoms with E-state index in [0.29, 0.717) is 50.4 Å². The van der Waals surface area contributed by atoms with Crippen LogP contribution >= 0.6 is 15.9 Å². The van der Waals surface area contributed by atoms with E-state index in [1.165, 1.54) is 0 Å². The molecule has 4 rings (SSSR count). The van der Waals surface area contributed by atoms with Crippen molar-refractivity contribution in [1.29, 1.82) is 0 Å². The molecular weight excluding hydrogens is 486 g/mol. The molecular formula is C26H20BrNO5. The lowest BCUT2D eigenvalue weighted by Gasteiger charge is -2.08. The fourth-order valence-electron chi connectivity index (χ4n) is 3.31. The van der Waals surface area contributed by atoms with E-state index in [0.717, 1.165) is 0 Å². The van der Waals surface area contributed by atoms with Crippen LogP contribution in [0.5, 0.6) is 11.5 Å². The smallest absolute Gasteiger partial charge is 0.255 e. The summed E-state index contributed by atoms with van der Waals surface area (Å²) in [4.78, 5) is 26.3. The van der Waals surface area contributed by atoms with Crippen LogP contribution in [0.1, 0.15) is 26.5 Å². The lowest BCUT2D eigenvalue weighted by Crippen LogP contribution is -2.14. The van der Waals surface area contributed by atoms with Gasteiger partial charge in [-0.1, -0.05) is 24.8 Å². The molecule has 7 heteroatoms. The van der Waals surface area contributed by atoms with Crippen LogP contribution in [0.2, 0.25) is 0 Å². The molecule has 166 valence electrons. The van der Waals surface area contributed by atoms with Crippen LogP contribution in [0, 0.1) is 0 Å². The molecule has 0 aliphatic heterocycles. The van der Waals surface area contributed by atoms with Gasteiger partial charge in [0.2, 0.25) is 5.78 Å². The van der Waals surface area contributed by atoms with Crippen molar-refractivity contribution in [2.24, 2.45) is 0 Å². The van der Waals surface area contributed by atoms with Crippen molar-refractivity contribution in [3.05, 3.63) is 101 Å². The van der Waals surface area contributed by atoms with Crippen molar-refractivity contribution in [3.63, 3.8) is 0 Å². The van der Waals surface area contributed by atoms with E-state index in [9.17, 15) is 9.59 Å². The number of para-hydroxylation sites is 1. The van der Waals surface area contributed by atoms with Crippen molar-refractivity contribution < 1.29 is 23.5 Å². The SMILES string of the molecule is C=CCOc1ccc(C(=O)Nc2c(C(=O)c3ccc(OC)c(Br)c3)oc3ccccc23)cc1. The Bertz CT molecular complexity index is 1340. The van der Waals surface area contributed by atoms with Gasteiger partial charge in [0.05, 0.1) is 17.3 Å². The number of carbonyl (C=O) groups excluding carboxylic acids is 2. The second-order valence-corrected chi connectivity index (χ2v) is 7.91. The number of furan rings is 1. The quantitative estimate of drug-likeness (QED) is 0.226. The van der Waals surface area contributed by atoms with E-state index < -0.39 is 0 Å². The molecule has 0 saturated carbocycles. The van der Waals surface area contributed by atoms with Crippen LogP contribution < -0.4 is 14.8 Å². The molecule has 3 aromatic carbocycles. The molecule has 0 radical (unpaired) electrons. The number of halogens is 1. The van der Waals surface area contributed by atoms with Crippen molar-refractivity contribution in [2.45, 2.75) is 0 Å². The second-order valence-electron chi connectivity index (χ2n) is 7.06. The topological polar surface area (TPSA) is 77.8 Å². The number of hydrogen-bond donors (Lipinski definition) is 1. The molecule has 0 unspecified atom stereocenters. The molecule has 0 aliphatic rings. The summed E-state index contributed by atoms with van der Waals surface area (Å²) in [6.07, 6.45) is 1.64. The summed E-state index contributed by atoms with van der Waals surface area (Å²) < 4.78 is 17.2. The number of rotatable bonds is 8. The van der Waals surface area contributed by atoms with E-state index >= 15 is 0 Å². The van der Waals surface area contributed by atoms with Crippen LogP contribution in [0.4, 0.5) is 5.69 Å². The number of nitrogens with one attached hydrogen (secondary N) is 1. The summed E-state index contributed by atoms with van der Waals surface area (Å²) in [5.74, 6) is 0.540. The summed E-state index contributed by atoms with van der Waals surface area (Å²) in [5.41, 5.74) is 1.62. The Morgan fingerprint density at radius 2 is 1.79 bits per heavy atom. The highest BCUT2D eigenvalue weighted by Crippen LogP contribution is 2.34. The van der Waals surface area contributed by atoms with Crippen molar-refractivity contribution >= 4 is 44.3 Å². The van der Waals surface area contributed by atoms with Gasteiger partial charge in [-0.05, 0) is 70.5 Å². The minimum Gasteiger partial charge on any atom is -0.496 e. The average Bonchev–Trinajstić information content (AvgIpc) is 3.20. The van der Waals surface area contributed by atoms with E-state index in [2.05, 4.69) is 27.8 Å². The first-order valence-electron chi connectivity index (χ1n) is 10.1. The zero-order chi connectivity index (χ0) is 23.4. The third-order valence-corrected chi connectivity index (χ3v) is 5.56. The Kier molecular flexibility index (Phi) is 6.60. The Morgan fingerprint density at radius 3 is 2.48 bits per heavy atom. The van der Waals surface area contributed by atoms with E-state index in [1.54, 1.807) is 73.8 Å². The highest BCUT2D eigenvalue weighted by atomic mass is 79.9. The number of anilines is 1. The van der Waals surface area contributed by atoms with Crippen molar-refractivity contribution in [1.82, 2.24) is 0 Å². The second kappa shape index (κ2) is 9.75. The monoisotopic (exact) mass is 505 g/mol. The minimum absolute atomic E-state index is 0.0487. The predicted octanol–water partition coefficient (Wildman–Crippen LogP) is 6.25. The van der Waals surface area contributed by atoms with Crippen LogP contribution in [0.25, 0.3) is 11.0 Å². The summed E-state index contributed by atoms with van der Waals surface area (Å²) in [6, 6.07) is 18.9. The Labute approximate surface area is 198 Å². The lowest BCUT2D eigenvalue weighted by atomic mass is 10.1. The number of carbonyl (C=O) groups is 2. The lowest BCUT2D eigenvalue weighted by molar-refractivity contribution is 0.101. The number of benzene rings is 3. The molecule has 1 aromatic heterocycles. The highest BCUT2D eigenvalue weighted by molar-refractivity contribution is 9.10. The normalized spacial score (nSPS) is 10.6. The first-order valence-corrected chi connectivity index (χ1v) is 10.9. The fraction of sp³-hybridized carbons (Fsp3) is 0.0769. The number of hydrogen-bond acceptors (Lipinski definition) is 5. The molecule has 0 spiro atoms. The average molecular weight is 506 g/mol. The number of fused-ring (bicyclic) bond motifs is 1. The fourth-order valence-corrected chi connectivity index (χ4v) is 3.85. The maximum absolute atomic E-state index is 13.3. The van der Waals surface area contributed by atoms with Gasteiger partial charge in [-0.2, -0.15) is 0 Å². The summed E-state index contributed by atoms with van der Waals surface area (Å²) in [5, 5.41) is 3.49. The summed E-state index contributed by atoms with van der Waals surface area (Å²) >= 11 is 3.40. The zero-order valence-electron chi connectivity index (χ0n) is 17.8. The van der Waals surface area contributed by atoms with Gasteiger partial charge in [-0.3, -0.25) is 9.59 Å². The van der Waals surface area contributed by atoms with Gasteiger partial charge in [-0.15, -0.1) is 0 Å². The molecule has 33 heavy (non-hydrogen) atoms. The first-order chi connectivity index (χ1) is 16.0. The molecule has 4 aromatic rings. The summed E-state index contributed by atoms with van der Waals surface area (Å²) in [7, 11) is 1.55. The van der Waals surface area contributed by atoms with Crippen LogP contribution in [-0.2, 0) is 0 Å². The molecule has 0 saturated heterocycles. The first kappa shape index (κ1) is 22.4. The Hall–Kier alpha value is -3.84. The predicted molar refractivity (Wildman–Crippen MR) is 130 cm³/mol.